The number of aromatic hydroxyl groups is 1. The summed E-state index contributed by atoms with van der Waals surface area (Å²) in [5.41, 5.74) is -1.01. The number of nitrogens with zero attached hydrogens (tertiary/aromatic N) is 1. The maximum absolute atomic E-state index is 11.4. The number of aromatic nitrogens is 2. The normalized spacial score (nSPS) is 18.5. The maximum Gasteiger partial charge on any atom is 0.331 e. The van der Waals surface area contributed by atoms with E-state index in [1.807, 2.05) is 0 Å². The van der Waals surface area contributed by atoms with Gasteiger partial charge in [0.15, 0.2) is 0 Å². The van der Waals surface area contributed by atoms with Crippen LogP contribution in [0.5, 0.6) is 5.88 Å². The number of hydrogen-bond acceptors (Lipinski definition) is 3. The summed E-state index contributed by atoms with van der Waals surface area (Å²) in [4.78, 5) is 24.5. The molecule has 15 heavy (non-hydrogen) atoms. The van der Waals surface area contributed by atoms with Gasteiger partial charge in [-0.15, -0.1) is 0 Å². The summed E-state index contributed by atoms with van der Waals surface area (Å²) in [5, 5.41) is 9.50. The molecule has 1 aromatic heterocycles. The molecule has 0 atom stereocenters. The van der Waals surface area contributed by atoms with Crippen LogP contribution in [-0.4, -0.2) is 14.7 Å². The average molecular weight is 210 g/mol. The smallest absolute Gasteiger partial charge is 0.331 e. The zero-order valence-corrected chi connectivity index (χ0v) is 8.62. The number of rotatable bonds is 2. The molecule has 5 heteroatoms. The lowest BCUT2D eigenvalue weighted by Crippen LogP contribution is -2.37. The second-order valence-electron chi connectivity index (χ2n) is 4.55. The van der Waals surface area contributed by atoms with Gasteiger partial charge in [0.1, 0.15) is 0 Å². The van der Waals surface area contributed by atoms with E-state index in [9.17, 15) is 14.7 Å². The summed E-state index contributed by atoms with van der Waals surface area (Å²) < 4.78 is 1.22. The third kappa shape index (κ3) is 1.82. The first kappa shape index (κ1) is 10.0. The molecular formula is C10H14N2O3. The van der Waals surface area contributed by atoms with Crippen molar-refractivity contribution in [2.45, 2.75) is 32.7 Å². The van der Waals surface area contributed by atoms with Crippen molar-refractivity contribution in [2.75, 3.05) is 0 Å². The molecule has 1 saturated carbocycles. The molecular weight excluding hydrogens is 196 g/mol. The molecule has 0 radical (unpaired) electrons. The monoisotopic (exact) mass is 210 g/mol. The van der Waals surface area contributed by atoms with Crippen LogP contribution in [0, 0.1) is 5.41 Å². The van der Waals surface area contributed by atoms with Gasteiger partial charge in [-0.3, -0.25) is 14.3 Å². The first-order valence-electron chi connectivity index (χ1n) is 5.03. The molecule has 0 aromatic carbocycles. The van der Waals surface area contributed by atoms with Crippen molar-refractivity contribution in [3.05, 3.63) is 26.9 Å². The van der Waals surface area contributed by atoms with E-state index in [2.05, 4.69) is 11.9 Å². The van der Waals surface area contributed by atoms with Crippen molar-refractivity contribution in [3.63, 3.8) is 0 Å². The molecule has 2 N–H and O–H groups in total. The molecule has 0 spiro atoms. The molecule has 5 nitrogen and oxygen atoms in total. The zero-order chi connectivity index (χ0) is 11.1. The fourth-order valence-electron chi connectivity index (χ4n) is 1.98. The number of H-pyrrole nitrogens is 1. The Morgan fingerprint density at radius 2 is 2.20 bits per heavy atom. The minimum absolute atomic E-state index is 0.0829. The van der Waals surface area contributed by atoms with E-state index in [0.29, 0.717) is 6.54 Å². The van der Waals surface area contributed by atoms with Gasteiger partial charge < -0.3 is 5.11 Å². The van der Waals surface area contributed by atoms with Crippen molar-refractivity contribution in [2.24, 2.45) is 5.41 Å². The minimum Gasteiger partial charge on any atom is -0.494 e. The summed E-state index contributed by atoms with van der Waals surface area (Å²) in [7, 11) is 0. The third-order valence-electron chi connectivity index (χ3n) is 3.11. The van der Waals surface area contributed by atoms with Crippen LogP contribution in [0.15, 0.2) is 15.7 Å². The van der Waals surface area contributed by atoms with Crippen molar-refractivity contribution in [3.8, 4) is 5.88 Å². The molecule has 0 aliphatic heterocycles. The van der Waals surface area contributed by atoms with Crippen LogP contribution in [0.4, 0.5) is 0 Å². The maximum atomic E-state index is 11.4. The molecule has 0 amide bonds. The Morgan fingerprint density at radius 1 is 1.53 bits per heavy atom. The fraction of sp³-hybridized carbons (Fsp3) is 0.600. The summed E-state index contributed by atoms with van der Waals surface area (Å²) in [6.07, 6.45) is 3.27. The molecule has 1 aromatic rings. The topological polar surface area (TPSA) is 75.1 Å². The van der Waals surface area contributed by atoms with Gasteiger partial charge in [-0.05, 0) is 18.3 Å². The molecule has 1 aliphatic carbocycles. The van der Waals surface area contributed by atoms with Gasteiger partial charge in [-0.2, -0.15) is 0 Å². The summed E-state index contributed by atoms with van der Waals surface area (Å²) in [6.45, 7) is 2.54. The van der Waals surface area contributed by atoms with Gasteiger partial charge in [0.2, 0.25) is 5.88 Å². The highest BCUT2D eigenvalue weighted by molar-refractivity contribution is 5.06. The first-order chi connectivity index (χ1) is 7.00. The lowest BCUT2D eigenvalue weighted by atomic mass is 9.70. The second-order valence-corrected chi connectivity index (χ2v) is 4.55. The van der Waals surface area contributed by atoms with Gasteiger partial charge in [0, 0.05) is 6.54 Å². The van der Waals surface area contributed by atoms with E-state index in [4.69, 9.17) is 0 Å². The van der Waals surface area contributed by atoms with Crippen molar-refractivity contribution in [1.82, 2.24) is 9.55 Å². The predicted octanol–water partition coefficient (Wildman–Crippen LogP) is 0.432. The first-order valence-corrected chi connectivity index (χ1v) is 5.03. The number of hydrogen-bond donors (Lipinski definition) is 2. The Balaban J connectivity index is 2.36. The van der Waals surface area contributed by atoms with Crippen molar-refractivity contribution < 1.29 is 5.11 Å². The second kappa shape index (κ2) is 3.25. The molecule has 0 bridgehead atoms. The van der Waals surface area contributed by atoms with Crippen LogP contribution in [0.3, 0.4) is 0 Å². The average Bonchev–Trinajstić information content (AvgIpc) is 2.08. The van der Waals surface area contributed by atoms with E-state index >= 15 is 0 Å². The van der Waals surface area contributed by atoms with Crippen molar-refractivity contribution in [1.29, 1.82) is 0 Å². The van der Waals surface area contributed by atoms with E-state index in [1.54, 1.807) is 0 Å². The van der Waals surface area contributed by atoms with E-state index < -0.39 is 11.2 Å². The third-order valence-corrected chi connectivity index (χ3v) is 3.11. The molecule has 1 heterocycles. The van der Waals surface area contributed by atoms with Crippen LogP contribution in [0.25, 0.3) is 0 Å². The molecule has 82 valence electrons. The molecule has 1 aliphatic rings. The largest absolute Gasteiger partial charge is 0.494 e. The Bertz CT molecular complexity index is 482. The fourth-order valence-corrected chi connectivity index (χ4v) is 1.98. The lowest BCUT2D eigenvalue weighted by Gasteiger charge is -2.38. The summed E-state index contributed by atoms with van der Waals surface area (Å²) in [5.74, 6) is -0.253. The Kier molecular flexibility index (Phi) is 2.17. The van der Waals surface area contributed by atoms with Gasteiger partial charge in [-0.25, -0.2) is 4.79 Å². The zero-order valence-electron chi connectivity index (χ0n) is 8.62. The van der Waals surface area contributed by atoms with E-state index in [-0.39, 0.29) is 11.3 Å². The standard InChI is InChI=1S/C10H14N2O3/c1-10(3-2-4-10)6-12-8(14)5-7(13)11-9(12)15/h5,14H,2-4,6H2,1H3,(H,11,13,15). The Hall–Kier alpha value is -1.52. The van der Waals surface area contributed by atoms with Crippen LogP contribution < -0.4 is 11.2 Å². The highest BCUT2D eigenvalue weighted by atomic mass is 16.3. The predicted molar refractivity (Wildman–Crippen MR) is 54.9 cm³/mol. The van der Waals surface area contributed by atoms with Gasteiger partial charge in [0.25, 0.3) is 5.56 Å². The van der Waals surface area contributed by atoms with Crippen LogP contribution in [0.1, 0.15) is 26.2 Å². The van der Waals surface area contributed by atoms with Crippen LogP contribution >= 0.6 is 0 Å². The Morgan fingerprint density at radius 3 is 2.67 bits per heavy atom. The SMILES string of the molecule is CC1(Cn2c(O)cc(=O)[nH]c2=O)CCC1. The van der Waals surface area contributed by atoms with E-state index in [0.717, 1.165) is 25.3 Å². The number of aromatic amines is 1. The molecule has 0 saturated heterocycles. The quantitative estimate of drug-likeness (QED) is 0.743. The number of nitrogens with one attached hydrogen (secondary N) is 1. The molecule has 0 unspecified atom stereocenters. The molecule has 1 fully saturated rings. The van der Waals surface area contributed by atoms with Crippen LogP contribution in [0.2, 0.25) is 0 Å². The van der Waals surface area contributed by atoms with E-state index in [1.165, 1.54) is 4.57 Å². The highest BCUT2D eigenvalue weighted by Gasteiger charge is 2.33. The summed E-state index contributed by atoms with van der Waals surface area (Å²) >= 11 is 0. The van der Waals surface area contributed by atoms with Gasteiger partial charge >= 0.3 is 5.69 Å². The minimum atomic E-state index is -0.562. The highest BCUT2D eigenvalue weighted by Crippen LogP contribution is 2.41. The van der Waals surface area contributed by atoms with Crippen molar-refractivity contribution >= 4 is 0 Å². The lowest BCUT2D eigenvalue weighted by molar-refractivity contribution is 0.124. The van der Waals surface area contributed by atoms with Gasteiger partial charge in [0.05, 0.1) is 6.07 Å². The van der Waals surface area contributed by atoms with Crippen LogP contribution in [-0.2, 0) is 6.54 Å². The van der Waals surface area contributed by atoms with Gasteiger partial charge in [-0.1, -0.05) is 13.3 Å². The Labute approximate surface area is 86.4 Å². The summed E-state index contributed by atoms with van der Waals surface area (Å²) in [6, 6.07) is 1.03. The molecule has 2 rings (SSSR count).